The van der Waals surface area contributed by atoms with E-state index in [9.17, 15) is 9.59 Å². The number of nitrogens with zero attached hydrogens (tertiary/aromatic N) is 2. The molecule has 5 nitrogen and oxygen atoms in total. The molecule has 2 aromatic rings. The van der Waals surface area contributed by atoms with Gasteiger partial charge in [0.2, 0.25) is 5.91 Å². The highest BCUT2D eigenvalue weighted by Gasteiger charge is 2.20. The maximum atomic E-state index is 12.6. The Labute approximate surface area is 147 Å². The SMILES string of the molecule is COC(=O)C(C)CN(Cc1ccccn1)C(=O)/C=C/c1ccccc1. The van der Waals surface area contributed by atoms with Crippen molar-refractivity contribution in [3.8, 4) is 0 Å². The van der Waals surface area contributed by atoms with Gasteiger partial charge in [0.15, 0.2) is 0 Å². The van der Waals surface area contributed by atoms with Gasteiger partial charge < -0.3 is 9.64 Å². The fraction of sp³-hybridized carbons (Fsp3) is 0.250. The van der Waals surface area contributed by atoms with Gasteiger partial charge in [-0.3, -0.25) is 14.6 Å². The van der Waals surface area contributed by atoms with Crippen LogP contribution in [0.25, 0.3) is 6.08 Å². The first-order valence-corrected chi connectivity index (χ1v) is 8.10. The second kappa shape index (κ2) is 9.37. The molecule has 1 aromatic heterocycles. The van der Waals surface area contributed by atoms with Crippen LogP contribution < -0.4 is 0 Å². The highest BCUT2D eigenvalue weighted by molar-refractivity contribution is 5.92. The molecule has 1 heterocycles. The average molecular weight is 338 g/mol. The smallest absolute Gasteiger partial charge is 0.310 e. The summed E-state index contributed by atoms with van der Waals surface area (Å²) in [5.41, 5.74) is 1.70. The van der Waals surface area contributed by atoms with Crippen molar-refractivity contribution in [1.29, 1.82) is 0 Å². The molecule has 0 aliphatic rings. The monoisotopic (exact) mass is 338 g/mol. The summed E-state index contributed by atoms with van der Waals surface area (Å²) in [6, 6.07) is 15.1. The fourth-order valence-electron chi connectivity index (χ4n) is 2.36. The van der Waals surface area contributed by atoms with Crippen LogP contribution in [0.15, 0.2) is 60.8 Å². The third-order valence-electron chi connectivity index (χ3n) is 3.71. The number of aromatic nitrogens is 1. The standard InChI is InChI=1S/C20H22N2O3/c1-16(20(24)25-2)14-22(15-18-10-6-7-13-21-18)19(23)12-11-17-8-4-3-5-9-17/h3-13,16H,14-15H2,1-2H3/b12-11+. The summed E-state index contributed by atoms with van der Waals surface area (Å²) in [6.07, 6.45) is 4.96. The normalized spacial score (nSPS) is 11.9. The Morgan fingerprint density at radius 2 is 1.88 bits per heavy atom. The number of ether oxygens (including phenoxy) is 1. The lowest BCUT2D eigenvalue weighted by Crippen LogP contribution is -2.36. The summed E-state index contributed by atoms with van der Waals surface area (Å²) in [5, 5.41) is 0. The van der Waals surface area contributed by atoms with Gasteiger partial charge in [-0.1, -0.05) is 43.3 Å². The second-order valence-corrected chi connectivity index (χ2v) is 5.71. The van der Waals surface area contributed by atoms with E-state index in [-0.39, 0.29) is 18.4 Å². The molecule has 1 atom stereocenters. The molecule has 2 rings (SSSR count). The van der Waals surface area contributed by atoms with E-state index in [1.807, 2.05) is 48.5 Å². The molecule has 0 radical (unpaired) electrons. The number of carbonyl (C=O) groups excluding carboxylic acids is 2. The molecule has 0 bridgehead atoms. The van der Waals surface area contributed by atoms with E-state index in [0.717, 1.165) is 11.3 Å². The van der Waals surface area contributed by atoms with E-state index in [1.165, 1.54) is 13.2 Å². The Morgan fingerprint density at radius 1 is 1.16 bits per heavy atom. The maximum absolute atomic E-state index is 12.6. The van der Waals surface area contributed by atoms with E-state index < -0.39 is 5.92 Å². The van der Waals surface area contributed by atoms with Gasteiger partial charge in [-0.25, -0.2) is 0 Å². The van der Waals surface area contributed by atoms with Crippen LogP contribution in [0.3, 0.4) is 0 Å². The number of hydrogen-bond acceptors (Lipinski definition) is 4. The zero-order chi connectivity index (χ0) is 18.1. The lowest BCUT2D eigenvalue weighted by molar-refractivity contribution is -0.146. The summed E-state index contributed by atoms with van der Waals surface area (Å²) in [7, 11) is 1.35. The Bertz CT molecular complexity index is 714. The first kappa shape index (κ1) is 18.4. The van der Waals surface area contributed by atoms with Crippen molar-refractivity contribution in [3.63, 3.8) is 0 Å². The molecule has 25 heavy (non-hydrogen) atoms. The van der Waals surface area contributed by atoms with Crippen molar-refractivity contribution in [2.45, 2.75) is 13.5 Å². The highest BCUT2D eigenvalue weighted by atomic mass is 16.5. The summed E-state index contributed by atoms with van der Waals surface area (Å²) >= 11 is 0. The number of carbonyl (C=O) groups is 2. The van der Waals surface area contributed by atoms with E-state index in [0.29, 0.717) is 6.54 Å². The zero-order valence-electron chi connectivity index (χ0n) is 14.5. The van der Waals surface area contributed by atoms with E-state index in [4.69, 9.17) is 4.74 Å². The number of benzene rings is 1. The van der Waals surface area contributed by atoms with Crippen molar-refractivity contribution < 1.29 is 14.3 Å². The maximum Gasteiger partial charge on any atom is 0.310 e. The van der Waals surface area contributed by atoms with Crippen molar-refractivity contribution in [3.05, 3.63) is 72.1 Å². The number of pyridine rings is 1. The van der Waals surface area contributed by atoms with Gasteiger partial charge in [-0.05, 0) is 23.8 Å². The van der Waals surface area contributed by atoms with Crippen LogP contribution in [0.1, 0.15) is 18.2 Å². The summed E-state index contributed by atoms with van der Waals surface area (Å²) in [5.74, 6) is -0.932. The van der Waals surface area contributed by atoms with E-state index in [2.05, 4.69) is 4.98 Å². The van der Waals surface area contributed by atoms with Gasteiger partial charge in [0.25, 0.3) is 0 Å². The first-order chi connectivity index (χ1) is 12.1. The Hall–Kier alpha value is -2.95. The molecule has 1 aromatic carbocycles. The second-order valence-electron chi connectivity index (χ2n) is 5.71. The van der Waals surface area contributed by atoms with Crippen LogP contribution >= 0.6 is 0 Å². The number of esters is 1. The minimum Gasteiger partial charge on any atom is -0.469 e. The Balaban J connectivity index is 2.13. The van der Waals surface area contributed by atoms with Gasteiger partial charge in [-0.2, -0.15) is 0 Å². The molecular weight excluding hydrogens is 316 g/mol. The highest BCUT2D eigenvalue weighted by Crippen LogP contribution is 2.09. The van der Waals surface area contributed by atoms with Crippen molar-refractivity contribution in [1.82, 2.24) is 9.88 Å². The van der Waals surface area contributed by atoms with Gasteiger partial charge in [0, 0.05) is 18.8 Å². The molecule has 0 saturated carbocycles. The minimum atomic E-state index is -0.414. The molecule has 1 amide bonds. The van der Waals surface area contributed by atoms with Crippen molar-refractivity contribution >= 4 is 18.0 Å². The van der Waals surface area contributed by atoms with Crippen LogP contribution in [-0.2, 0) is 20.9 Å². The van der Waals surface area contributed by atoms with Crippen LogP contribution in [-0.4, -0.2) is 35.4 Å². The van der Waals surface area contributed by atoms with E-state index >= 15 is 0 Å². The largest absolute Gasteiger partial charge is 0.469 e. The van der Waals surface area contributed by atoms with Gasteiger partial charge in [0.1, 0.15) is 0 Å². The zero-order valence-corrected chi connectivity index (χ0v) is 14.5. The predicted molar refractivity (Wildman–Crippen MR) is 96.3 cm³/mol. The molecule has 1 unspecified atom stereocenters. The fourth-order valence-corrected chi connectivity index (χ4v) is 2.36. The van der Waals surface area contributed by atoms with Gasteiger partial charge in [-0.15, -0.1) is 0 Å². The molecule has 0 spiro atoms. The van der Waals surface area contributed by atoms with Crippen LogP contribution in [0.4, 0.5) is 0 Å². The first-order valence-electron chi connectivity index (χ1n) is 8.10. The number of amides is 1. The summed E-state index contributed by atoms with van der Waals surface area (Å²) in [6.45, 7) is 2.34. The summed E-state index contributed by atoms with van der Waals surface area (Å²) < 4.78 is 4.76. The lowest BCUT2D eigenvalue weighted by atomic mass is 10.1. The predicted octanol–water partition coefficient (Wildman–Crippen LogP) is 2.93. The van der Waals surface area contributed by atoms with Crippen LogP contribution in [0, 0.1) is 5.92 Å². The third-order valence-corrected chi connectivity index (χ3v) is 3.71. The Kier molecular flexibility index (Phi) is 6.89. The minimum absolute atomic E-state index is 0.176. The number of rotatable bonds is 7. The third kappa shape index (κ3) is 5.88. The number of methoxy groups -OCH3 is 1. The van der Waals surface area contributed by atoms with Crippen molar-refractivity contribution in [2.75, 3.05) is 13.7 Å². The molecule has 0 N–H and O–H groups in total. The molecule has 0 aliphatic heterocycles. The molecule has 0 saturated heterocycles. The van der Waals surface area contributed by atoms with Crippen molar-refractivity contribution in [2.24, 2.45) is 5.92 Å². The van der Waals surface area contributed by atoms with E-state index in [1.54, 1.807) is 24.1 Å². The topological polar surface area (TPSA) is 59.5 Å². The van der Waals surface area contributed by atoms with Crippen LogP contribution in [0.2, 0.25) is 0 Å². The lowest BCUT2D eigenvalue weighted by Gasteiger charge is -2.23. The summed E-state index contributed by atoms with van der Waals surface area (Å²) in [4.78, 5) is 30.2. The van der Waals surface area contributed by atoms with Crippen LogP contribution in [0.5, 0.6) is 0 Å². The molecule has 5 heteroatoms. The number of hydrogen-bond donors (Lipinski definition) is 0. The Morgan fingerprint density at radius 3 is 2.52 bits per heavy atom. The van der Waals surface area contributed by atoms with Gasteiger partial charge in [0.05, 0.1) is 25.3 Å². The average Bonchev–Trinajstić information content (AvgIpc) is 2.66. The molecule has 0 fully saturated rings. The molecule has 0 aliphatic carbocycles. The van der Waals surface area contributed by atoms with Gasteiger partial charge >= 0.3 is 5.97 Å². The molecule has 130 valence electrons. The molecular formula is C20H22N2O3. The quantitative estimate of drug-likeness (QED) is 0.575.